The third kappa shape index (κ3) is 3.31. The van der Waals surface area contributed by atoms with Gasteiger partial charge in [0.25, 0.3) is 0 Å². The van der Waals surface area contributed by atoms with E-state index in [9.17, 15) is 0 Å². The number of hydrogen-bond donors (Lipinski definition) is 0. The van der Waals surface area contributed by atoms with Crippen molar-refractivity contribution in [2.75, 3.05) is 31.7 Å². The number of alkyl halides is 1. The molecule has 1 aliphatic rings. The molecule has 1 aromatic carbocycles. The van der Waals surface area contributed by atoms with E-state index in [2.05, 4.69) is 11.9 Å². The van der Waals surface area contributed by atoms with E-state index < -0.39 is 0 Å². The number of halogens is 2. The summed E-state index contributed by atoms with van der Waals surface area (Å²) in [5, 5.41) is 0.780. The predicted octanol–water partition coefficient (Wildman–Crippen LogP) is 3.94. The Morgan fingerprint density at radius 2 is 2.06 bits per heavy atom. The van der Waals surface area contributed by atoms with Gasteiger partial charge in [-0.1, -0.05) is 23.7 Å². The number of para-hydroxylation sites is 1. The number of ether oxygens (including phenoxy) is 1. The monoisotopic (exact) mass is 287 g/mol. The number of rotatable bonds is 4. The Bertz CT molecular complexity index is 391. The second-order valence-electron chi connectivity index (χ2n) is 4.82. The van der Waals surface area contributed by atoms with Crippen molar-refractivity contribution in [2.24, 2.45) is 5.92 Å². The zero-order chi connectivity index (χ0) is 13.0. The summed E-state index contributed by atoms with van der Waals surface area (Å²) in [6, 6.07) is 5.91. The fourth-order valence-corrected chi connectivity index (χ4v) is 3.06. The van der Waals surface area contributed by atoms with Crippen LogP contribution in [-0.4, -0.2) is 26.8 Å². The third-order valence-corrected chi connectivity index (χ3v) is 4.06. The van der Waals surface area contributed by atoms with Gasteiger partial charge in [-0.05, 0) is 30.4 Å². The fraction of sp³-hybridized carbons (Fsp3) is 0.571. The molecule has 1 fully saturated rings. The van der Waals surface area contributed by atoms with Gasteiger partial charge in [-0.3, -0.25) is 0 Å². The second-order valence-corrected chi connectivity index (χ2v) is 5.49. The summed E-state index contributed by atoms with van der Waals surface area (Å²) in [7, 11) is 2.09. The van der Waals surface area contributed by atoms with Crippen LogP contribution in [0.1, 0.15) is 18.4 Å². The van der Waals surface area contributed by atoms with E-state index in [0.717, 1.165) is 48.9 Å². The maximum Gasteiger partial charge on any atom is 0.0642 e. The highest BCUT2D eigenvalue weighted by molar-refractivity contribution is 6.33. The van der Waals surface area contributed by atoms with E-state index in [1.807, 2.05) is 18.2 Å². The molecule has 1 aromatic rings. The van der Waals surface area contributed by atoms with Crippen LogP contribution >= 0.6 is 23.2 Å². The van der Waals surface area contributed by atoms with Crippen LogP contribution in [0.25, 0.3) is 0 Å². The van der Waals surface area contributed by atoms with Crippen LogP contribution in [0.2, 0.25) is 5.02 Å². The Labute approximate surface area is 119 Å². The van der Waals surface area contributed by atoms with Crippen LogP contribution in [0.15, 0.2) is 18.2 Å². The van der Waals surface area contributed by atoms with Crippen LogP contribution in [0, 0.1) is 5.92 Å². The average molecular weight is 288 g/mol. The Balaban J connectivity index is 2.09. The molecule has 2 nitrogen and oxygen atoms in total. The summed E-state index contributed by atoms with van der Waals surface area (Å²) in [5.74, 6) is 1.18. The van der Waals surface area contributed by atoms with E-state index in [4.69, 9.17) is 27.9 Å². The van der Waals surface area contributed by atoms with Gasteiger partial charge in [-0.2, -0.15) is 0 Å². The normalized spacial score (nSPS) is 16.8. The molecule has 100 valence electrons. The SMILES string of the molecule is CN(CC1CCOCC1)c1c(Cl)cccc1CCl. The first-order valence-electron chi connectivity index (χ1n) is 6.34. The molecular formula is C14H19Cl2NO. The molecule has 0 radical (unpaired) electrons. The molecule has 0 saturated carbocycles. The molecule has 1 aliphatic heterocycles. The molecule has 0 aliphatic carbocycles. The summed E-state index contributed by atoms with van der Waals surface area (Å²) < 4.78 is 5.39. The van der Waals surface area contributed by atoms with E-state index in [0.29, 0.717) is 11.8 Å². The topological polar surface area (TPSA) is 12.5 Å². The minimum atomic E-state index is 0.494. The van der Waals surface area contributed by atoms with Gasteiger partial charge in [0.1, 0.15) is 0 Å². The highest BCUT2D eigenvalue weighted by Crippen LogP contribution is 2.31. The van der Waals surface area contributed by atoms with Crippen molar-refractivity contribution < 1.29 is 4.74 Å². The lowest BCUT2D eigenvalue weighted by Gasteiger charge is -2.30. The molecule has 0 bridgehead atoms. The minimum Gasteiger partial charge on any atom is -0.381 e. The standard InChI is InChI=1S/C14H19Cl2NO/c1-17(10-11-5-7-18-8-6-11)14-12(9-15)3-2-4-13(14)16/h2-4,11H,5-10H2,1H3. The lowest BCUT2D eigenvalue weighted by atomic mass is 9.99. The van der Waals surface area contributed by atoms with Gasteiger partial charge in [0, 0.05) is 32.7 Å². The predicted molar refractivity (Wildman–Crippen MR) is 77.8 cm³/mol. The third-order valence-electron chi connectivity index (χ3n) is 3.47. The molecule has 18 heavy (non-hydrogen) atoms. The van der Waals surface area contributed by atoms with E-state index in [1.165, 1.54) is 0 Å². The number of benzene rings is 1. The fourth-order valence-electron chi connectivity index (χ4n) is 2.50. The van der Waals surface area contributed by atoms with E-state index in [1.54, 1.807) is 0 Å². The molecule has 0 amide bonds. The van der Waals surface area contributed by atoms with Gasteiger partial charge in [-0.15, -0.1) is 11.6 Å². The largest absolute Gasteiger partial charge is 0.381 e. The summed E-state index contributed by atoms with van der Waals surface area (Å²) in [4.78, 5) is 2.23. The Hall–Kier alpha value is -0.440. The lowest BCUT2D eigenvalue weighted by molar-refractivity contribution is 0.0685. The Morgan fingerprint density at radius 3 is 2.72 bits per heavy atom. The summed E-state index contributed by atoms with van der Waals surface area (Å²) in [6.45, 7) is 2.77. The van der Waals surface area contributed by atoms with Crippen molar-refractivity contribution in [3.8, 4) is 0 Å². The first kappa shape index (κ1) is 14.0. The Kier molecular flexibility index (Phi) is 5.16. The van der Waals surface area contributed by atoms with Crippen molar-refractivity contribution in [3.63, 3.8) is 0 Å². The molecule has 0 spiro atoms. The van der Waals surface area contributed by atoms with Crippen LogP contribution in [-0.2, 0) is 10.6 Å². The molecule has 4 heteroatoms. The van der Waals surface area contributed by atoms with Gasteiger partial charge < -0.3 is 9.64 Å². The van der Waals surface area contributed by atoms with Gasteiger partial charge in [0.2, 0.25) is 0 Å². The van der Waals surface area contributed by atoms with Crippen LogP contribution in [0.3, 0.4) is 0 Å². The van der Waals surface area contributed by atoms with Crippen LogP contribution in [0.4, 0.5) is 5.69 Å². The van der Waals surface area contributed by atoms with Crippen molar-refractivity contribution in [3.05, 3.63) is 28.8 Å². The second kappa shape index (κ2) is 6.65. The van der Waals surface area contributed by atoms with E-state index >= 15 is 0 Å². The van der Waals surface area contributed by atoms with E-state index in [-0.39, 0.29) is 0 Å². The van der Waals surface area contributed by atoms with Crippen molar-refractivity contribution in [2.45, 2.75) is 18.7 Å². The molecule has 1 saturated heterocycles. The first-order chi connectivity index (χ1) is 8.72. The smallest absolute Gasteiger partial charge is 0.0642 e. The summed E-state index contributed by atoms with van der Waals surface area (Å²) >= 11 is 12.3. The highest BCUT2D eigenvalue weighted by atomic mass is 35.5. The molecule has 0 N–H and O–H groups in total. The molecule has 1 heterocycles. The summed E-state index contributed by atoms with van der Waals surface area (Å²) in [6.07, 6.45) is 2.26. The molecule has 0 atom stereocenters. The average Bonchev–Trinajstić information content (AvgIpc) is 2.39. The zero-order valence-electron chi connectivity index (χ0n) is 10.7. The van der Waals surface area contributed by atoms with Crippen molar-refractivity contribution >= 4 is 28.9 Å². The quantitative estimate of drug-likeness (QED) is 0.778. The molecule has 2 rings (SSSR count). The van der Waals surface area contributed by atoms with Gasteiger partial charge >= 0.3 is 0 Å². The van der Waals surface area contributed by atoms with Gasteiger partial charge in [-0.25, -0.2) is 0 Å². The van der Waals surface area contributed by atoms with Gasteiger partial charge in [0.05, 0.1) is 10.7 Å². The maximum absolute atomic E-state index is 6.30. The lowest BCUT2D eigenvalue weighted by Crippen LogP contribution is -2.30. The number of hydrogen-bond acceptors (Lipinski definition) is 2. The molecule has 0 aromatic heterocycles. The maximum atomic E-state index is 6.30. The summed E-state index contributed by atoms with van der Waals surface area (Å²) in [5.41, 5.74) is 2.17. The first-order valence-corrected chi connectivity index (χ1v) is 7.26. The van der Waals surface area contributed by atoms with Crippen LogP contribution in [0.5, 0.6) is 0 Å². The molecular weight excluding hydrogens is 269 g/mol. The molecule has 0 unspecified atom stereocenters. The minimum absolute atomic E-state index is 0.494. The van der Waals surface area contributed by atoms with Crippen molar-refractivity contribution in [1.29, 1.82) is 0 Å². The highest BCUT2D eigenvalue weighted by Gasteiger charge is 2.18. The van der Waals surface area contributed by atoms with Crippen LogP contribution < -0.4 is 4.90 Å². The number of nitrogens with zero attached hydrogens (tertiary/aromatic N) is 1. The number of anilines is 1. The van der Waals surface area contributed by atoms with Gasteiger partial charge in [0.15, 0.2) is 0 Å². The zero-order valence-corrected chi connectivity index (χ0v) is 12.2. The van der Waals surface area contributed by atoms with Crippen molar-refractivity contribution in [1.82, 2.24) is 0 Å². The Morgan fingerprint density at radius 1 is 1.33 bits per heavy atom.